The molecule has 2 rings (SSSR count). The number of piperidine rings is 1. The number of rotatable bonds is 1. The Hall–Kier alpha value is -1.78. The Bertz CT molecular complexity index is 399. The lowest BCUT2D eigenvalue weighted by Gasteiger charge is -2.26. The van der Waals surface area contributed by atoms with Crippen LogP contribution < -0.4 is 11.5 Å². The van der Waals surface area contributed by atoms with Crippen LogP contribution in [0.5, 0.6) is 0 Å². The first-order valence-electron chi connectivity index (χ1n) is 5.49. The minimum Gasteiger partial charge on any atom is -0.396 e. The molecule has 86 valence electrons. The second-order valence-electron chi connectivity index (χ2n) is 4.05. The number of anilines is 2. The minimum atomic E-state index is -0.00102. The van der Waals surface area contributed by atoms with Gasteiger partial charge in [0.05, 0.1) is 11.3 Å². The summed E-state index contributed by atoms with van der Waals surface area (Å²) in [6.45, 7) is 1.65. The Labute approximate surface area is 94.4 Å². The van der Waals surface area contributed by atoms with E-state index in [1.165, 1.54) is 12.6 Å². The van der Waals surface area contributed by atoms with Crippen LogP contribution in [0.25, 0.3) is 0 Å². The van der Waals surface area contributed by atoms with Crippen molar-refractivity contribution in [2.45, 2.75) is 19.3 Å². The molecule has 1 fully saturated rings. The van der Waals surface area contributed by atoms with E-state index in [9.17, 15) is 4.79 Å². The number of carbonyl (C=O) groups excluding carboxylic acids is 1. The van der Waals surface area contributed by atoms with Crippen LogP contribution in [0.15, 0.2) is 12.3 Å². The zero-order chi connectivity index (χ0) is 11.5. The third-order valence-corrected chi connectivity index (χ3v) is 2.84. The van der Waals surface area contributed by atoms with Gasteiger partial charge in [-0.2, -0.15) is 0 Å². The van der Waals surface area contributed by atoms with Crippen molar-refractivity contribution in [2.75, 3.05) is 24.6 Å². The first-order valence-corrected chi connectivity index (χ1v) is 5.49. The standard InChI is InChI=1S/C11H16N4O/c12-9-6-8(7-14-10(9)13)11(16)15-4-2-1-3-5-15/h6-7H,1-5,12H2,(H2,13,14). The Balaban J connectivity index is 2.16. The maximum absolute atomic E-state index is 12.1. The molecule has 1 aliphatic rings. The highest BCUT2D eigenvalue weighted by Crippen LogP contribution is 2.16. The van der Waals surface area contributed by atoms with Crippen LogP contribution in [0.3, 0.4) is 0 Å². The largest absolute Gasteiger partial charge is 0.396 e. The van der Waals surface area contributed by atoms with Gasteiger partial charge in [-0.25, -0.2) is 4.98 Å². The predicted molar refractivity (Wildman–Crippen MR) is 62.8 cm³/mol. The molecule has 4 N–H and O–H groups in total. The summed E-state index contributed by atoms with van der Waals surface area (Å²) >= 11 is 0. The highest BCUT2D eigenvalue weighted by atomic mass is 16.2. The van der Waals surface area contributed by atoms with Crippen molar-refractivity contribution in [1.29, 1.82) is 0 Å². The highest BCUT2D eigenvalue weighted by Gasteiger charge is 2.18. The topological polar surface area (TPSA) is 85.2 Å². The monoisotopic (exact) mass is 220 g/mol. The number of nitrogen functional groups attached to an aromatic ring is 2. The summed E-state index contributed by atoms with van der Waals surface area (Å²) in [6, 6.07) is 1.60. The third-order valence-electron chi connectivity index (χ3n) is 2.84. The smallest absolute Gasteiger partial charge is 0.255 e. The number of nitrogens with zero attached hydrogens (tertiary/aromatic N) is 2. The van der Waals surface area contributed by atoms with Gasteiger partial charge in [0.15, 0.2) is 0 Å². The Morgan fingerprint density at radius 2 is 1.94 bits per heavy atom. The zero-order valence-electron chi connectivity index (χ0n) is 9.15. The van der Waals surface area contributed by atoms with Crippen molar-refractivity contribution in [3.05, 3.63) is 17.8 Å². The molecular weight excluding hydrogens is 204 g/mol. The molecule has 5 heteroatoms. The van der Waals surface area contributed by atoms with Gasteiger partial charge in [-0.15, -0.1) is 0 Å². The fourth-order valence-electron chi connectivity index (χ4n) is 1.89. The van der Waals surface area contributed by atoms with Crippen molar-refractivity contribution in [3.63, 3.8) is 0 Å². The molecule has 0 radical (unpaired) electrons. The van der Waals surface area contributed by atoms with E-state index in [-0.39, 0.29) is 11.7 Å². The average molecular weight is 220 g/mol. The van der Waals surface area contributed by atoms with E-state index in [2.05, 4.69) is 4.98 Å². The molecule has 0 bridgehead atoms. The maximum atomic E-state index is 12.1. The van der Waals surface area contributed by atoms with Crippen molar-refractivity contribution in [2.24, 2.45) is 0 Å². The van der Waals surface area contributed by atoms with Gasteiger partial charge in [0.25, 0.3) is 5.91 Å². The van der Waals surface area contributed by atoms with Gasteiger partial charge in [0.2, 0.25) is 0 Å². The fourth-order valence-corrected chi connectivity index (χ4v) is 1.89. The second-order valence-corrected chi connectivity index (χ2v) is 4.05. The molecule has 1 aliphatic heterocycles. The maximum Gasteiger partial charge on any atom is 0.255 e. The van der Waals surface area contributed by atoms with Gasteiger partial charge < -0.3 is 16.4 Å². The van der Waals surface area contributed by atoms with Crippen LogP contribution >= 0.6 is 0 Å². The zero-order valence-corrected chi connectivity index (χ0v) is 9.15. The van der Waals surface area contributed by atoms with E-state index in [1.54, 1.807) is 6.07 Å². The molecule has 0 atom stereocenters. The second kappa shape index (κ2) is 4.38. The molecule has 5 nitrogen and oxygen atoms in total. The van der Waals surface area contributed by atoms with Gasteiger partial charge in [-0.05, 0) is 25.3 Å². The number of likely N-dealkylation sites (tertiary alicyclic amines) is 1. The molecule has 1 saturated heterocycles. The van der Waals surface area contributed by atoms with Crippen LogP contribution in [-0.2, 0) is 0 Å². The number of carbonyl (C=O) groups is 1. The van der Waals surface area contributed by atoms with Crippen molar-refractivity contribution in [3.8, 4) is 0 Å². The van der Waals surface area contributed by atoms with E-state index in [0.717, 1.165) is 25.9 Å². The molecular formula is C11H16N4O. The number of pyridine rings is 1. The molecule has 1 aromatic rings. The summed E-state index contributed by atoms with van der Waals surface area (Å²) in [5, 5.41) is 0. The lowest BCUT2D eigenvalue weighted by molar-refractivity contribution is 0.0724. The lowest BCUT2D eigenvalue weighted by Crippen LogP contribution is -2.35. The van der Waals surface area contributed by atoms with Crippen LogP contribution in [0.4, 0.5) is 11.5 Å². The lowest BCUT2D eigenvalue weighted by atomic mass is 10.1. The van der Waals surface area contributed by atoms with Crippen LogP contribution in [0, 0.1) is 0 Å². The normalized spacial score (nSPS) is 16.1. The molecule has 0 aromatic carbocycles. The highest BCUT2D eigenvalue weighted by molar-refractivity contribution is 5.95. The summed E-state index contributed by atoms with van der Waals surface area (Å²) in [4.78, 5) is 17.8. The number of nitrogens with two attached hydrogens (primary N) is 2. The van der Waals surface area contributed by atoms with Crippen molar-refractivity contribution < 1.29 is 4.79 Å². The fraction of sp³-hybridized carbons (Fsp3) is 0.455. The van der Waals surface area contributed by atoms with Gasteiger partial charge >= 0.3 is 0 Å². The number of aromatic nitrogens is 1. The molecule has 0 saturated carbocycles. The summed E-state index contributed by atoms with van der Waals surface area (Å²) in [7, 11) is 0. The van der Waals surface area contributed by atoms with E-state index in [1.807, 2.05) is 4.90 Å². The average Bonchev–Trinajstić information content (AvgIpc) is 2.33. The molecule has 16 heavy (non-hydrogen) atoms. The molecule has 0 spiro atoms. The third kappa shape index (κ3) is 2.08. The van der Waals surface area contributed by atoms with E-state index in [4.69, 9.17) is 11.5 Å². The molecule has 0 unspecified atom stereocenters. The molecule has 2 heterocycles. The quantitative estimate of drug-likeness (QED) is 0.735. The van der Waals surface area contributed by atoms with E-state index < -0.39 is 0 Å². The SMILES string of the molecule is Nc1cc(C(=O)N2CCCCC2)cnc1N. The molecule has 1 amide bonds. The van der Waals surface area contributed by atoms with Crippen LogP contribution in [0.2, 0.25) is 0 Å². The number of hydrogen-bond donors (Lipinski definition) is 2. The number of amides is 1. The van der Waals surface area contributed by atoms with E-state index >= 15 is 0 Å². The van der Waals surface area contributed by atoms with E-state index in [0.29, 0.717) is 11.3 Å². The van der Waals surface area contributed by atoms with Crippen LogP contribution in [0.1, 0.15) is 29.6 Å². The van der Waals surface area contributed by atoms with Gasteiger partial charge in [-0.1, -0.05) is 0 Å². The van der Waals surface area contributed by atoms with Crippen molar-refractivity contribution in [1.82, 2.24) is 9.88 Å². The van der Waals surface area contributed by atoms with Gasteiger partial charge in [-0.3, -0.25) is 4.79 Å². The van der Waals surface area contributed by atoms with Gasteiger partial charge in [0.1, 0.15) is 5.82 Å². The molecule has 1 aromatic heterocycles. The van der Waals surface area contributed by atoms with Crippen LogP contribution in [-0.4, -0.2) is 28.9 Å². The summed E-state index contributed by atoms with van der Waals surface area (Å²) in [6.07, 6.45) is 4.84. The van der Waals surface area contributed by atoms with Crippen molar-refractivity contribution >= 4 is 17.4 Å². The Morgan fingerprint density at radius 3 is 2.56 bits per heavy atom. The predicted octanol–water partition coefficient (Wildman–Crippen LogP) is 0.872. The van der Waals surface area contributed by atoms with Gasteiger partial charge in [0, 0.05) is 19.3 Å². The first kappa shape index (κ1) is 10.7. The summed E-state index contributed by atoms with van der Waals surface area (Å²) < 4.78 is 0. The summed E-state index contributed by atoms with van der Waals surface area (Å²) in [5.74, 6) is 0.272. The Kier molecular flexibility index (Phi) is 2.94. The first-order chi connectivity index (χ1) is 7.68. The molecule has 0 aliphatic carbocycles. The minimum absolute atomic E-state index is 0.00102. The Morgan fingerprint density at radius 1 is 1.25 bits per heavy atom. The number of hydrogen-bond acceptors (Lipinski definition) is 4. The summed E-state index contributed by atoms with van der Waals surface area (Å²) in [5.41, 5.74) is 12.0.